The van der Waals surface area contributed by atoms with E-state index in [0.29, 0.717) is 24.0 Å². The molecular weight excluding hydrogens is 594 g/mol. The number of hydrogen-bond donors (Lipinski definition) is 2. The third-order valence-corrected chi connectivity index (χ3v) is 8.04. The Balaban J connectivity index is 2.09. The molecule has 6 atom stereocenters. The molecule has 0 spiro atoms. The van der Waals surface area contributed by atoms with Crippen LogP contribution in [-0.4, -0.2) is 58.1 Å². The number of ether oxygens (including phenoxy) is 2. The highest BCUT2D eigenvalue weighted by atomic mass is 16.6. The minimum absolute atomic E-state index is 0.115. The predicted octanol–water partition coefficient (Wildman–Crippen LogP) is 5.95. The van der Waals surface area contributed by atoms with Crippen molar-refractivity contribution in [1.82, 2.24) is 15.5 Å². The Morgan fingerprint density at radius 1 is 0.936 bits per heavy atom. The van der Waals surface area contributed by atoms with E-state index in [9.17, 15) is 19.2 Å². The van der Waals surface area contributed by atoms with Crippen molar-refractivity contribution in [3.8, 4) is 12.3 Å². The maximum absolute atomic E-state index is 14.7. The monoisotopic (exact) mass is 645 g/mol. The van der Waals surface area contributed by atoms with Crippen LogP contribution in [-0.2, 0) is 30.3 Å². The van der Waals surface area contributed by atoms with Gasteiger partial charge in [-0.15, -0.1) is 6.42 Å². The lowest BCUT2D eigenvalue weighted by Crippen LogP contribution is -2.57. The van der Waals surface area contributed by atoms with Crippen LogP contribution in [0.3, 0.4) is 0 Å². The third kappa shape index (κ3) is 10.9. The molecule has 3 amide bonds. The van der Waals surface area contributed by atoms with Gasteiger partial charge in [-0.1, -0.05) is 75.6 Å². The maximum Gasteiger partial charge on any atom is 0.408 e. The Labute approximate surface area is 280 Å². The molecule has 9 heteroatoms. The smallest absolute Gasteiger partial charge is 0.408 e. The summed E-state index contributed by atoms with van der Waals surface area (Å²) < 4.78 is 11.2. The molecule has 1 fully saturated rings. The van der Waals surface area contributed by atoms with Gasteiger partial charge in [-0.05, 0) is 83.1 Å². The number of esters is 1. The van der Waals surface area contributed by atoms with Crippen LogP contribution in [0.2, 0.25) is 0 Å². The lowest BCUT2D eigenvalue weighted by molar-refractivity contribution is -0.159. The van der Waals surface area contributed by atoms with Crippen molar-refractivity contribution in [3.63, 3.8) is 0 Å². The van der Waals surface area contributed by atoms with E-state index in [-0.39, 0.29) is 24.3 Å². The summed E-state index contributed by atoms with van der Waals surface area (Å²) in [5, 5.41) is 5.74. The minimum atomic E-state index is -1.13. The summed E-state index contributed by atoms with van der Waals surface area (Å²) in [5.74, 6) is 0.899. The fraction of sp³-hybridized carbons (Fsp3) is 0.526. The molecule has 254 valence electrons. The Morgan fingerprint density at radius 3 is 2.00 bits per heavy atom. The molecule has 0 bridgehead atoms. The van der Waals surface area contributed by atoms with E-state index in [0.717, 1.165) is 5.56 Å². The highest BCUT2D eigenvalue weighted by Crippen LogP contribution is 2.41. The van der Waals surface area contributed by atoms with E-state index in [1.165, 1.54) is 0 Å². The molecule has 9 nitrogen and oxygen atoms in total. The zero-order chi connectivity index (χ0) is 35.1. The summed E-state index contributed by atoms with van der Waals surface area (Å²) in [6.45, 7) is 16.4. The minimum Gasteiger partial charge on any atom is -0.458 e. The first-order valence-electron chi connectivity index (χ1n) is 16.4. The van der Waals surface area contributed by atoms with E-state index in [4.69, 9.17) is 15.9 Å². The fourth-order valence-electron chi connectivity index (χ4n) is 5.32. The molecule has 1 saturated carbocycles. The lowest BCUT2D eigenvalue weighted by Gasteiger charge is -2.37. The average Bonchev–Trinajstić information content (AvgIpc) is 3.71. The van der Waals surface area contributed by atoms with Gasteiger partial charge in [-0.25, -0.2) is 9.59 Å². The summed E-state index contributed by atoms with van der Waals surface area (Å²) in [5.41, 5.74) is 0.417. The summed E-state index contributed by atoms with van der Waals surface area (Å²) in [7, 11) is 0. The number of carbonyl (C=O) groups excluding carboxylic acids is 4. The molecule has 1 aliphatic carbocycles. The first-order valence-corrected chi connectivity index (χ1v) is 16.4. The van der Waals surface area contributed by atoms with Gasteiger partial charge in [0.2, 0.25) is 11.8 Å². The van der Waals surface area contributed by atoms with Crippen molar-refractivity contribution in [1.29, 1.82) is 0 Å². The van der Waals surface area contributed by atoms with E-state index in [1.807, 2.05) is 51.1 Å². The van der Waals surface area contributed by atoms with Gasteiger partial charge in [0.25, 0.3) is 0 Å². The van der Waals surface area contributed by atoms with Gasteiger partial charge in [-0.3, -0.25) is 9.59 Å². The number of rotatable bonds is 12. The van der Waals surface area contributed by atoms with E-state index in [1.54, 1.807) is 70.7 Å². The van der Waals surface area contributed by atoms with Gasteiger partial charge in [-0.2, -0.15) is 0 Å². The second-order valence-corrected chi connectivity index (χ2v) is 14.5. The number of terminal acetylenes is 1. The van der Waals surface area contributed by atoms with Gasteiger partial charge in [0.05, 0.1) is 0 Å². The zero-order valence-electron chi connectivity index (χ0n) is 29.3. The van der Waals surface area contributed by atoms with E-state index < -0.39 is 53.2 Å². The summed E-state index contributed by atoms with van der Waals surface area (Å²) in [4.78, 5) is 57.3. The van der Waals surface area contributed by atoms with Crippen molar-refractivity contribution >= 4 is 23.9 Å². The summed E-state index contributed by atoms with van der Waals surface area (Å²) in [6, 6.07) is 12.8. The van der Waals surface area contributed by atoms with Crippen LogP contribution in [0, 0.1) is 24.2 Å². The molecule has 0 heterocycles. The number of nitrogens with one attached hydrogen (secondary N) is 2. The highest BCUT2D eigenvalue weighted by Gasteiger charge is 2.49. The van der Waals surface area contributed by atoms with Crippen LogP contribution in [0.5, 0.6) is 0 Å². The van der Waals surface area contributed by atoms with E-state index in [2.05, 4.69) is 16.6 Å². The Bertz CT molecular complexity index is 1430. The second kappa shape index (κ2) is 15.5. The molecule has 47 heavy (non-hydrogen) atoms. The highest BCUT2D eigenvalue weighted by molar-refractivity contribution is 5.94. The van der Waals surface area contributed by atoms with Crippen LogP contribution >= 0.6 is 0 Å². The topological polar surface area (TPSA) is 114 Å². The van der Waals surface area contributed by atoms with Crippen molar-refractivity contribution in [3.05, 3.63) is 71.3 Å². The predicted molar refractivity (Wildman–Crippen MR) is 182 cm³/mol. The standard InChI is InChI=1S/C38H51N3O6/c1-11-24(3)31(40-36(45)47-38(8,9)10)34(43)41(30-22-25(30)4)32(28-20-18-26(12-2)19-21-28)33(42)39-29(35(44)46-37(5,6)7)23-27-16-14-13-15-17-27/h2,13-21,24-25,29-32H,11,22-23H2,1,3-10H3,(H,39,42)(H,40,45). The van der Waals surface area contributed by atoms with Crippen LogP contribution < -0.4 is 10.6 Å². The fourth-order valence-corrected chi connectivity index (χ4v) is 5.32. The molecule has 6 unspecified atom stereocenters. The number of amides is 3. The SMILES string of the molecule is C#Cc1ccc(C(C(=O)NC(Cc2ccccc2)C(=O)OC(C)(C)C)N(C(=O)C(NC(=O)OC(C)(C)C)C(C)CC)C2CC2C)cc1. The van der Waals surface area contributed by atoms with Gasteiger partial charge in [0.15, 0.2) is 0 Å². The molecule has 2 aromatic carbocycles. The third-order valence-electron chi connectivity index (χ3n) is 8.04. The lowest BCUT2D eigenvalue weighted by atomic mass is 9.95. The molecular formula is C38H51N3O6. The molecule has 0 aromatic heterocycles. The Morgan fingerprint density at radius 2 is 1.51 bits per heavy atom. The number of benzene rings is 2. The van der Waals surface area contributed by atoms with Crippen molar-refractivity contribution in [2.75, 3.05) is 0 Å². The Hall–Kier alpha value is -4.32. The summed E-state index contributed by atoms with van der Waals surface area (Å²) >= 11 is 0. The molecule has 1 aliphatic rings. The van der Waals surface area contributed by atoms with Crippen molar-refractivity contribution in [2.24, 2.45) is 11.8 Å². The maximum atomic E-state index is 14.7. The van der Waals surface area contributed by atoms with Gasteiger partial charge >= 0.3 is 12.1 Å². The number of carbonyl (C=O) groups is 4. The number of hydrogen-bond acceptors (Lipinski definition) is 6. The molecule has 0 radical (unpaired) electrons. The number of nitrogens with zero attached hydrogens (tertiary/aromatic N) is 1. The molecule has 0 aliphatic heterocycles. The van der Waals surface area contributed by atoms with Crippen molar-refractivity contribution < 1.29 is 28.7 Å². The van der Waals surface area contributed by atoms with Gasteiger partial charge in [0, 0.05) is 18.0 Å². The average molecular weight is 646 g/mol. The first kappa shape index (κ1) is 37.1. The van der Waals surface area contributed by atoms with Gasteiger partial charge in [0.1, 0.15) is 29.3 Å². The second-order valence-electron chi connectivity index (χ2n) is 14.5. The van der Waals surface area contributed by atoms with Crippen LogP contribution in [0.4, 0.5) is 4.79 Å². The Kier molecular flexibility index (Phi) is 12.3. The molecule has 0 saturated heterocycles. The van der Waals surface area contributed by atoms with Crippen LogP contribution in [0.25, 0.3) is 0 Å². The molecule has 2 aromatic rings. The van der Waals surface area contributed by atoms with Gasteiger partial charge < -0.3 is 25.0 Å². The van der Waals surface area contributed by atoms with E-state index >= 15 is 0 Å². The quantitative estimate of drug-likeness (QED) is 0.218. The summed E-state index contributed by atoms with van der Waals surface area (Å²) in [6.07, 6.45) is 6.36. The molecule has 3 rings (SSSR count). The zero-order valence-corrected chi connectivity index (χ0v) is 29.3. The largest absolute Gasteiger partial charge is 0.458 e. The first-order chi connectivity index (χ1) is 21.9. The number of alkyl carbamates (subject to hydrolysis) is 1. The molecule has 2 N–H and O–H groups in total. The van der Waals surface area contributed by atoms with Crippen LogP contribution in [0.1, 0.15) is 97.9 Å². The van der Waals surface area contributed by atoms with Crippen molar-refractivity contribution in [2.45, 2.75) is 117 Å². The van der Waals surface area contributed by atoms with Crippen LogP contribution in [0.15, 0.2) is 54.6 Å². The normalized spacial score (nSPS) is 18.4.